The summed E-state index contributed by atoms with van der Waals surface area (Å²) in [7, 11) is 0. The number of thiazole rings is 1. The highest BCUT2D eigenvalue weighted by atomic mass is 32.1. The van der Waals surface area contributed by atoms with Gasteiger partial charge in [0.15, 0.2) is 4.88 Å². The van der Waals surface area contributed by atoms with Gasteiger partial charge in [-0.2, -0.15) is 0 Å². The van der Waals surface area contributed by atoms with Crippen molar-refractivity contribution < 1.29 is 9.51 Å². The van der Waals surface area contributed by atoms with E-state index in [2.05, 4.69) is 18.2 Å². The van der Waals surface area contributed by atoms with Crippen molar-refractivity contribution in [2.45, 2.75) is 0 Å². The van der Waals surface area contributed by atoms with E-state index >= 15 is 0 Å². The van der Waals surface area contributed by atoms with Crippen molar-refractivity contribution in [2.24, 2.45) is 0 Å². The van der Waals surface area contributed by atoms with E-state index < -0.39 is 0 Å². The summed E-state index contributed by atoms with van der Waals surface area (Å²) in [5.74, 6) is 0.313. The van der Waals surface area contributed by atoms with Crippen LogP contribution >= 0.6 is 11.3 Å². The van der Waals surface area contributed by atoms with Crippen LogP contribution in [-0.4, -0.2) is 5.11 Å². The van der Waals surface area contributed by atoms with Crippen LogP contribution in [0.5, 0.6) is 5.88 Å². The van der Waals surface area contributed by atoms with E-state index in [1.54, 1.807) is 11.3 Å². The van der Waals surface area contributed by atoms with Crippen LogP contribution in [0.25, 0.3) is 26.2 Å². The molecule has 0 bridgehead atoms. The van der Waals surface area contributed by atoms with Gasteiger partial charge in [-0.05, 0) is 12.1 Å². The predicted octanol–water partition coefficient (Wildman–Crippen LogP) is 4.01. The molecule has 0 fully saturated rings. The molecule has 1 N–H and O–H groups in total. The average molecular weight is 278 g/mol. The van der Waals surface area contributed by atoms with Gasteiger partial charge in [0, 0.05) is 23.1 Å². The van der Waals surface area contributed by atoms with E-state index in [0.29, 0.717) is 5.88 Å². The van der Waals surface area contributed by atoms with Crippen molar-refractivity contribution in [2.75, 3.05) is 0 Å². The van der Waals surface area contributed by atoms with E-state index in [4.69, 9.17) is 0 Å². The fourth-order valence-corrected chi connectivity index (χ4v) is 3.57. The van der Waals surface area contributed by atoms with E-state index in [0.717, 1.165) is 26.2 Å². The van der Waals surface area contributed by atoms with Gasteiger partial charge in [-0.25, -0.2) is 0 Å². The minimum Gasteiger partial charge on any atom is -0.458 e. The van der Waals surface area contributed by atoms with Crippen LogP contribution in [0.15, 0.2) is 66.7 Å². The molecule has 3 heteroatoms. The van der Waals surface area contributed by atoms with E-state index in [1.807, 2.05) is 52.9 Å². The second-order valence-corrected chi connectivity index (χ2v) is 5.72. The van der Waals surface area contributed by atoms with Crippen LogP contribution in [0.1, 0.15) is 0 Å². The zero-order valence-electron chi connectivity index (χ0n) is 10.7. The van der Waals surface area contributed by atoms with Gasteiger partial charge in [-0.15, -0.1) is 4.40 Å². The van der Waals surface area contributed by atoms with Crippen LogP contribution in [0.2, 0.25) is 0 Å². The number of rotatable bonds is 1. The Bertz CT molecular complexity index is 912. The van der Waals surface area contributed by atoms with Crippen molar-refractivity contribution in [1.82, 2.24) is 0 Å². The first-order valence-corrected chi connectivity index (χ1v) is 7.27. The molecule has 2 heterocycles. The maximum Gasteiger partial charge on any atom is 0.391 e. The molecule has 96 valence electrons. The lowest BCUT2D eigenvalue weighted by molar-refractivity contribution is -0.488. The van der Waals surface area contributed by atoms with Gasteiger partial charge < -0.3 is 5.11 Å². The summed E-state index contributed by atoms with van der Waals surface area (Å²) < 4.78 is 1.92. The zero-order valence-corrected chi connectivity index (χ0v) is 11.5. The average Bonchev–Trinajstić information content (AvgIpc) is 2.86. The predicted molar refractivity (Wildman–Crippen MR) is 82.1 cm³/mol. The number of benzene rings is 2. The molecule has 0 unspecified atom stereocenters. The van der Waals surface area contributed by atoms with Crippen LogP contribution in [0, 0.1) is 0 Å². The molecule has 4 rings (SSSR count). The lowest BCUT2D eigenvalue weighted by Gasteiger charge is -1.94. The number of hydrogen-bond acceptors (Lipinski definition) is 2. The topological polar surface area (TPSA) is 24.3 Å². The Hall–Kier alpha value is -2.39. The Labute approximate surface area is 120 Å². The first-order chi connectivity index (χ1) is 9.84. The van der Waals surface area contributed by atoms with Crippen molar-refractivity contribution in [1.29, 1.82) is 0 Å². The van der Waals surface area contributed by atoms with Crippen LogP contribution in [-0.2, 0) is 0 Å². The van der Waals surface area contributed by atoms with Gasteiger partial charge in [0.05, 0.1) is 0 Å². The molecule has 0 atom stereocenters. The molecule has 2 nitrogen and oxygen atoms in total. The number of pyridine rings is 1. The quantitative estimate of drug-likeness (QED) is 0.523. The molecule has 0 aliphatic rings. The molecule has 4 aromatic rings. The Morgan fingerprint density at radius 1 is 0.800 bits per heavy atom. The highest BCUT2D eigenvalue weighted by molar-refractivity contribution is 7.20. The van der Waals surface area contributed by atoms with Gasteiger partial charge in [0.1, 0.15) is 0 Å². The first kappa shape index (κ1) is 11.4. The van der Waals surface area contributed by atoms with Gasteiger partial charge >= 0.3 is 5.88 Å². The molecule has 0 radical (unpaired) electrons. The lowest BCUT2D eigenvalue weighted by atomic mass is 10.2. The number of nitrogens with zero attached hydrogens (tertiary/aromatic N) is 1. The van der Waals surface area contributed by atoms with Gasteiger partial charge in [-0.3, -0.25) is 0 Å². The molecular formula is C17H12NOS+. The third kappa shape index (κ3) is 1.60. The van der Waals surface area contributed by atoms with Crippen molar-refractivity contribution in [3.8, 4) is 16.3 Å². The SMILES string of the molecule is Oc1c(-c2ccccc2)sc2ccc3ccccc3[n+]12. The van der Waals surface area contributed by atoms with Crippen molar-refractivity contribution in [3.63, 3.8) is 0 Å². The van der Waals surface area contributed by atoms with Crippen LogP contribution in [0.4, 0.5) is 0 Å². The van der Waals surface area contributed by atoms with Crippen molar-refractivity contribution in [3.05, 3.63) is 66.7 Å². The third-order valence-electron chi connectivity index (χ3n) is 3.46. The second-order valence-electron chi connectivity index (χ2n) is 4.69. The molecular weight excluding hydrogens is 266 g/mol. The smallest absolute Gasteiger partial charge is 0.391 e. The third-order valence-corrected chi connectivity index (χ3v) is 4.61. The van der Waals surface area contributed by atoms with E-state index in [1.165, 1.54) is 0 Å². The Balaban J connectivity index is 2.11. The van der Waals surface area contributed by atoms with Crippen molar-refractivity contribution >= 4 is 27.1 Å². The molecule has 2 aromatic heterocycles. The molecule has 0 amide bonds. The molecule has 2 aromatic carbocycles. The number of aromatic nitrogens is 1. The molecule has 0 spiro atoms. The number of para-hydroxylation sites is 1. The fraction of sp³-hybridized carbons (Fsp3) is 0. The monoisotopic (exact) mass is 278 g/mol. The number of aromatic hydroxyl groups is 1. The van der Waals surface area contributed by atoms with E-state index in [-0.39, 0.29) is 0 Å². The maximum absolute atomic E-state index is 10.6. The summed E-state index contributed by atoms with van der Waals surface area (Å²) in [4.78, 5) is 1.95. The minimum absolute atomic E-state index is 0.313. The van der Waals surface area contributed by atoms with Gasteiger partial charge in [-0.1, -0.05) is 53.8 Å². The zero-order chi connectivity index (χ0) is 13.5. The molecule has 20 heavy (non-hydrogen) atoms. The number of hydrogen-bond donors (Lipinski definition) is 1. The highest BCUT2D eigenvalue weighted by Crippen LogP contribution is 2.34. The summed E-state index contributed by atoms with van der Waals surface area (Å²) >= 11 is 1.60. The van der Waals surface area contributed by atoms with Crippen LogP contribution < -0.4 is 4.40 Å². The summed E-state index contributed by atoms with van der Waals surface area (Å²) in [5.41, 5.74) is 2.07. The van der Waals surface area contributed by atoms with Crippen LogP contribution in [0.3, 0.4) is 0 Å². The molecule has 0 saturated carbocycles. The van der Waals surface area contributed by atoms with E-state index in [9.17, 15) is 5.11 Å². The standard InChI is InChI=1S/C17H11NOS/c19-17-16(13-7-2-1-3-8-13)20-15-11-10-12-6-4-5-9-14(12)18(15)17/h1-11H/p+1. The molecule has 0 saturated heterocycles. The fourth-order valence-electron chi connectivity index (χ4n) is 2.51. The minimum atomic E-state index is 0.313. The summed E-state index contributed by atoms with van der Waals surface area (Å²) in [6.07, 6.45) is 0. The second kappa shape index (κ2) is 4.32. The Morgan fingerprint density at radius 2 is 1.55 bits per heavy atom. The van der Waals surface area contributed by atoms with Gasteiger partial charge in [0.25, 0.3) is 4.83 Å². The maximum atomic E-state index is 10.6. The Morgan fingerprint density at radius 3 is 2.40 bits per heavy atom. The normalized spacial score (nSPS) is 11.2. The highest BCUT2D eigenvalue weighted by Gasteiger charge is 2.23. The lowest BCUT2D eigenvalue weighted by Crippen LogP contribution is -2.19. The van der Waals surface area contributed by atoms with Gasteiger partial charge in [0.2, 0.25) is 5.52 Å². The molecule has 0 aliphatic carbocycles. The molecule has 0 aliphatic heterocycles. The Kier molecular flexibility index (Phi) is 2.47. The largest absolute Gasteiger partial charge is 0.458 e. The first-order valence-electron chi connectivity index (χ1n) is 6.45. The number of fused-ring (bicyclic) bond motifs is 3. The summed E-state index contributed by atoms with van der Waals surface area (Å²) in [6, 6.07) is 22.2. The summed E-state index contributed by atoms with van der Waals surface area (Å²) in [5, 5.41) is 11.7. The summed E-state index contributed by atoms with van der Waals surface area (Å²) in [6.45, 7) is 0.